The fourth-order valence-electron chi connectivity index (χ4n) is 12.8. The van der Waals surface area contributed by atoms with Crippen LogP contribution >= 0.6 is 0 Å². The molecule has 1 fully saturated rings. The Morgan fingerprint density at radius 3 is 1.66 bits per heavy atom. The van der Waals surface area contributed by atoms with Gasteiger partial charge in [-0.3, -0.25) is 91.1 Å². The molecule has 672 valence electrons. The zero-order valence-electron chi connectivity index (χ0n) is 68.8. The summed E-state index contributed by atoms with van der Waals surface area (Å²) in [5.74, 6) is -29.4. The first kappa shape index (κ1) is 102. The highest BCUT2D eigenvalue weighted by Gasteiger charge is 2.41. The SMILES string of the molecule is CCCCCCCCCC(=O)N[C@@H](Cc1c[nH]c2ccccc12)C(=O)N[C@H](CC(N)=O)C(=O)N[C@@H](CC(=O)O)C(=O)N[C@@H]1C(=O)NCC(=O)N[C@@H](CCCN)C(=O)N[C@@H](CC(=O)O)C(=O)N[C@H](C)C(=O)N[C@@H](CC(=O)O)C(=O)NCC(=O)N[C@H](CO)C(=O)N[C@@H]([C@H](C)CC(=O)O)C(=O)N[C@@H](CC(=O)c2ccccc2NCCCCCCC)C(=O)O[C@@H]1C. The van der Waals surface area contributed by atoms with Crippen molar-refractivity contribution in [3.05, 3.63) is 65.9 Å². The van der Waals surface area contributed by atoms with Crippen molar-refractivity contribution in [2.75, 3.05) is 38.1 Å². The number of carbonyl (C=O) groups excluding carboxylic acids is 16. The minimum Gasteiger partial charge on any atom is -0.481 e. The smallest absolute Gasteiger partial charge is 0.329 e. The largest absolute Gasteiger partial charge is 0.481 e. The van der Waals surface area contributed by atoms with Crippen LogP contribution in [-0.2, 0) is 102 Å². The molecule has 3 aromatic rings. The van der Waals surface area contributed by atoms with Crippen molar-refractivity contribution in [3.8, 4) is 0 Å². The molecular weight excluding hydrogens is 1600 g/mol. The summed E-state index contributed by atoms with van der Waals surface area (Å²) in [5, 5.41) is 82.7. The van der Waals surface area contributed by atoms with E-state index < -0.39 is 255 Å². The number of hydrogen-bond acceptors (Lipinski definition) is 24. The molecule has 0 unspecified atom stereocenters. The number of amides is 14. The molecule has 24 N–H and O–H groups in total. The zero-order chi connectivity index (χ0) is 90.7. The summed E-state index contributed by atoms with van der Waals surface area (Å²) in [6.45, 7) is 3.56. The number of carboxylic acids is 4. The van der Waals surface area contributed by atoms with Crippen molar-refractivity contribution in [2.45, 2.75) is 248 Å². The van der Waals surface area contributed by atoms with E-state index in [9.17, 15) is 117 Å². The molecule has 13 atom stereocenters. The van der Waals surface area contributed by atoms with Gasteiger partial charge in [0.05, 0.1) is 51.8 Å². The van der Waals surface area contributed by atoms with E-state index in [-0.39, 0.29) is 43.5 Å². The van der Waals surface area contributed by atoms with Gasteiger partial charge in [0.25, 0.3) is 0 Å². The minimum absolute atomic E-state index is 0.0161. The van der Waals surface area contributed by atoms with Crippen LogP contribution in [0.1, 0.15) is 185 Å². The number of ketones is 1. The number of nitrogens with one attached hydrogen (secondary N) is 15. The summed E-state index contributed by atoms with van der Waals surface area (Å²) in [7, 11) is 0. The molecule has 43 nitrogen and oxygen atoms in total. The third kappa shape index (κ3) is 36.1. The van der Waals surface area contributed by atoms with E-state index in [1.807, 2.05) is 22.9 Å². The Labute approximate surface area is 702 Å². The molecule has 0 aliphatic carbocycles. The van der Waals surface area contributed by atoms with E-state index in [2.05, 4.69) is 70.4 Å². The van der Waals surface area contributed by atoms with Gasteiger partial charge in [0, 0.05) is 54.2 Å². The fourth-order valence-corrected chi connectivity index (χ4v) is 12.8. The van der Waals surface area contributed by atoms with Gasteiger partial charge in [0.2, 0.25) is 82.7 Å². The first-order chi connectivity index (χ1) is 57.9. The monoisotopic (exact) mass is 1720 g/mol. The summed E-state index contributed by atoms with van der Waals surface area (Å²) in [5.41, 5.74) is 12.7. The third-order valence-electron chi connectivity index (χ3n) is 19.4. The number of fused-ring (bicyclic) bond motifs is 1. The fraction of sp³-hybridized carbons (Fsp3) is 0.570. The minimum atomic E-state index is -2.44. The highest BCUT2D eigenvalue weighted by molar-refractivity contribution is 6.05. The van der Waals surface area contributed by atoms with Crippen LogP contribution in [0.4, 0.5) is 5.69 Å². The molecule has 4 rings (SSSR count). The molecule has 1 saturated heterocycles. The Morgan fingerprint density at radius 1 is 0.525 bits per heavy atom. The van der Waals surface area contributed by atoms with E-state index >= 15 is 4.79 Å². The lowest BCUT2D eigenvalue weighted by Gasteiger charge is -2.30. The second kappa shape index (κ2) is 53.1. The Morgan fingerprint density at radius 2 is 1.06 bits per heavy atom. The molecule has 2 heterocycles. The summed E-state index contributed by atoms with van der Waals surface area (Å²) in [6.07, 6.45) is 1.99. The Kier molecular flexibility index (Phi) is 44.2. The Bertz CT molecular complexity index is 4180. The molecule has 1 aliphatic heterocycles. The van der Waals surface area contributed by atoms with E-state index in [0.717, 1.165) is 78.6 Å². The van der Waals surface area contributed by atoms with Crippen LogP contribution in [0.3, 0.4) is 0 Å². The lowest BCUT2D eigenvalue weighted by Crippen LogP contribution is -2.62. The second-order valence-electron chi connectivity index (χ2n) is 29.5. The van der Waals surface area contributed by atoms with Crippen LogP contribution in [-0.4, -0.2) is 254 Å². The number of primary amides is 1. The van der Waals surface area contributed by atoms with E-state index in [1.54, 1.807) is 36.5 Å². The number of carboxylic acid groups (broad SMARTS) is 4. The number of cyclic esters (lactones) is 1. The zero-order valence-corrected chi connectivity index (χ0v) is 68.8. The highest BCUT2D eigenvalue weighted by Crippen LogP contribution is 2.23. The number of rotatable bonds is 42. The molecule has 0 saturated carbocycles. The molecule has 14 amide bonds. The van der Waals surface area contributed by atoms with Gasteiger partial charge in [-0.25, -0.2) is 4.79 Å². The number of esters is 1. The van der Waals surface area contributed by atoms with Crippen LogP contribution in [0, 0.1) is 5.92 Å². The van der Waals surface area contributed by atoms with Gasteiger partial charge in [-0.05, 0) is 75.8 Å². The molecule has 122 heavy (non-hydrogen) atoms. The highest BCUT2D eigenvalue weighted by atomic mass is 16.5. The lowest BCUT2D eigenvalue weighted by atomic mass is 9.95. The number of nitrogens with two attached hydrogens (primary N) is 2. The van der Waals surface area contributed by atoms with Crippen LogP contribution < -0.4 is 85.9 Å². The molecule has 1 aliphatic rings. The maximum absolute atomic E-state index is 15.2. The number of para-hydroxylation sites is 2. The predicted octanol–water partition coefficient (Wildman–Crippen LogP) is -2.82. The third-order valence-corrected chi connectivity index (χ3v) is 19.4. The molecular formula is C79H115N17O26. The standard InChI is InChI=1S/C79H115N17O26/c1-6-8-10-12-13-14-16-28-60(100)88-51(32-45-38-83-48-25-19-17-23-46(45)48)73(115)91-52(34-59(81)99)74(116)93-55(37-66(109)110)75(117)96-68-44(5)122-79(121)56(33-58(98)47-24-18-20-26-49(47)82-30-21-15-11-9-7-2)94-78(120)67(42(3)31-63(103)104)95-76(118)57(41-97)89-62(102)39-84-70(112)53(35-64(105)106)90-69(111)43(4)86-72(114)54(36-65(107)108)92-71(113)50(27-22-29-80)87-61(101)40-85-77(68)119/h17-20,23-26,38,42-44,50-57,67-68,82-83,97H,6-16,21-22,27-37,39-41,80H2,1-5H3,(H2,81,99)(H,84,112)(H,85,119)(H,86,114)(H,87,101)(H,88,100)(H,89,102)(H,90,111)(H,91,115)(H,92,113)(H,93,116)(H,94,120)(H,95,118)(H,96,117)(H,103,104)(H,105,106)(H,107,108)(H,109,110)/t42-,43-,44-,50+,51+,52-,53+,54+,55+,56+,57-,67+,68+/m1/s1. The maximum Gasteiger partial charge on any atom is 0.329 e. The molecule has 0 radical (unpaired) electrons. The van der Waals surface area contributed by atoms with Crippen molar-refractivity contribution in [1.82, 2.24) is 74.1 Å². The van der Waals surface area contributed by atoms with Gasteiger partial charge >= 0.3 is 29.8 Å². The number of aliphatic hydroxyl groups is 1. The number of hydrogen-bond donors (Lipinski definition) is 22. The molecule has 0 spiro atoms. The molecule has 0 bridgehead atoms. The normalized spacial score (nSPS) is 20.6. The van der Waals surface area contributed by atoms with Crippen molar-refractivity contribution >= 4 is 135 Å². The summed E-state index contributed by atoms with van der Waals surface area (Å²) < 4.78 is 5.81. The number of ether oxygens (including phenoxy) is 1. The second-order valence-corrected chi connectivity index (χ2v) is 29.5. The average molecular weight is 1720 g/mol. The number of benzene rings is 2. The molecule has 1 aromatic heterocycles. The van der Waals surface area contributed by atoms with Crippen molar-refractivity contribution < 1.29 is 126 Å². The quantitative estimate of drug-likeness (QED) is 0.0155. The molecule has 43 heteroatoms. The number of aromatic nitrogens is 1. The Hall–Kier alpha value is -12.7. The van der Waals surface area contributed by atoms with Crippen molar-refractivity contribution in [1.29, 1.82) is 0 Å². The first-order valence-corrected chi connectivity index (χ1v) is 40.3. The van der Waals surface area contributed by atoms with Gasteiger partial charge in [0.1, 0.15) is 72.6 Å². The van der Waals surface area contributed by atoms with Gasteiger partial charge in [-0.2, -0.15) is 0 Å². The maximum atomic E-state index is 15.2. The number of Topliss-reactive ketones (excluding diaryl/α,β-unsaturated/α-hetero) is 1. The van der Waals surface area contributed by atoms with E-state index in [4.69, 9.17) is 16.2 Å². The first-order valence-electron chi connectivity index (χ1n) is 40.3. The number of aliphatic carboxylic acids is 4. The molecule has 2 aromatic carbocycles. The van der Waals surface area contributed by atoms with Gasteiger partial charge < -0.3 is 121 Å². The number of unbranched alkanes of at least 4 members (excludes halogenated alkanes) is 10. The van der Waals surface area contributed by atoms with Gasteiger partial charge in [-0.15, -0.1) is 0 Å². The van der Waals surface area contributed by atoms with Crippen LogP contribution in [0.15, 0.2) is 54.7 Å². The predicted molar refractivity (Wildman–Crippen MR) is 433 cm³/mol. The van der Waals surface area contributed by atoms with E-state index in [1.165, 1.54) is 18.2 Å². The number of H-pyrrole nitrogens is 1. The van der Waals surface area contributed by atoms with Gasteiger partial charge in [-0.1, -0.05) is 115 Å². The lowest BCUT2D eigenvalue weighted by molar-refractivity contribution is -0.156. The van der Waals surface area contributed by atoms with Gasteiger partial charge in [0.15, 0.2) is 5.78 Å². The topological polar surface area (TPSA) is 688 Å². The Balaban J connectivity index is 1.92. The number of aromatic amines is 1. The number of carbonyl (C=O) groups is 20. The average Bonchev–Trinajstić information content (AvgIpc) is 1.50. The van der Waals surface area contributed by atoms with Crippen molar-refractivity contribution in [2.24, 2.45) is 17.4 Å². The van der Waals surface area contributed by atoms with Crippen LogP contribution in [0.2, 0.25) is 0 Å². The van der Waals surface area contributed by atoms with E-state index in [0.29, 0.717) is 42.3 Å². The summed E-state index contributed by atoms with van der Waals surface area (Å²) in [6, 6.07) is -9.78. The summed E-state index contributed by atoms with van der Waals surface area (Å²) in [4.78, 5) is 279. The summed E-state index contributed by atoms with van der Waals surface area (Å²) >= 11 is 0. The van der Waals surface area contributed by atoms with Crippen LogP contribution in [0.5, 0.6) is 0 Å². The van der Waals surface area contributed by atoms with Crippen molar-refractivity contribution in [3.63, 3.8) is 0 Å². The number of aliphatic hydroxyl groups excluding tert-OH is 1. The number of anilines is 1. The van der Waals surface area contributed by atoms with Crippen LogP contribution in [0.25, 0.3) is 10.9 Å².